The van der Waals surface area contributed by atoms with Gasteiger partial charge in [-0.3, -0.25) is 14.4 Å². The Kier molecular flexibility index (Phi) is 4.59. The van der Waals surface area contributed by atoms with Crippen LogP contribution in [-0.2, 0) is 20.8 Å². The lowest BCUT2D eigenvalue weighted by Gasteiger charge is -2.19. The van der Waals surface area contributed by atoms with E-state index in [0.717, 1.165) is 16.5 Å². The van der Waals surface area contributed by atoms with Gasteiger partial charge in [0.25, 0.3) is 11.8 Å². The number of carbonyl (C=O) groups excluding carboxylic acids is 4. The van der Waals surface area contributed by atoms with Gasteiger partial charge in [-0.2, -0.15) is 0 Å². The molecule has 3 aromatic rings. The zero-order chi connectivity index (χ0) is 20.5. The third-order valence-corrected chi connectivity index (χ3v) is 4.70. The predicted octanol–water partition coefficient (Wildman–Crippen LogP) is 1.97. The van der Waals surface area contributed by atoms with Gasteiger partial charge in [0.15, 0.2) is 0 Å². The molecule has 2 aromatic carbocycles. The number of hydroxylamine groups is 2. The van der Waals surface area contributed by atoms with Crippen LogP contribution in [0, 0.1) is 0 Å². The van der Waals surface area contributed by atoms with Crippen LogP contribution in [0.3, 0.4) is 0 Å². The van der Waals surface area contributed by atoms with Crippen LogP contribution in [0.2, 0.25) is 0 Å². The molecule has 0 spiro atoms. The summed E-state index contributed by atoms with van der Waals surface area (Å²) in [6.45, 7) is 1.28. The van der Waals surface area contributed by atoms with Crippen molar-refractivity contribution in [1.29, 1.82) is 0 Å². The van der Waals surface area contributed by atoms with Gasteiger partial charge in [0.05, 0.1) is 11.1 Å². The summed E-state index contributed by atoms with van der Waals surface area (Å²) in [5.41, 5.74) is 2.01. The van der Waals surface area contributed by atoms with Crippen LogP contribution in [0.25, 0.3) is 10.9 Å². The summed E-state index contributed by atoms with van der Waals surface area (Å²) < 4.78 is 0. The van der Waals surface area contributed by atoms with Gasteiger partial charge in [-0.05, 0) is 23.8 Å². The Morgan fingerprint density at radius 3 is 2.31 bits per heavy atom. The number of nitrogens with zero attached hydrogens (tertiary/aromatic N) is 1. The molecule has 0 aliphatic carbocycles. The molecule has 0 saturated carbocycles. The van der Waals surface area contributed by atoms with E-state index in [-0.39, 0.29) is 17.5 Å². The van der Waals surface area contributed by atoms with Gasteiger partial charge in [-0.15, -0.1) is 0 Å². The number of rotatable bonds is 5. The first-order valence-electron chi connectivity index (χ1n) is 8.97. The molecule has 0 radical (unpaired) electrons. The molecule has 0 bridgehead atoms. The lowest BCUT2D eigenvalue weighted by Crippen LogP contribution is -2.46. The van der Waals surface area contributed by atoms with Crippen molar-refractivity contribution in [2.24, 2.45) is 0 Å². The van der Waals surface area contributed by atoms with Crippen molar-refractivity contribution in [3.63, 3.8) is 0 Å². The Morgan fingerprint density at radius 2 is 1.66 bits per heavy atom. The molecule has 0 saturated heterocycles. The Hall–Kier alpha value is -3.94. The molecule has 1 aliphatic heterocycles. The van der Waals surface area contributed by atoms with Crippen LogP contribution < -0.4 is 5.32 Å². The van der Waals surface area contributed by atoms with Gasteiger partial charge in [-0.25, -0.2) is 4.79 Å². The number of fused-ring (bicyclic) bond motifs is 2. The second-order valence-electron chi connectivity index (χ2n) is 6.68. The monoisotopic (exact) mass is 391 g/mol. The zero-order valence-electron chi connectivity index (χ0n) is 15.5. The zero-order valence-corrected chi connectivity index (χ0v) is 15.5. The Balaban J connectivity index is 1.56. The number of hydrogen-bond acceptors (Lipinski definition) is 5. The molecule has 146 valence electrons. The SMILES string of the molecule is CC(=O)N[C@@H](Cc1c[nH]c2ccccc12)C(=O)ON1C(=O)c2ccccc2C1=O. The number of nitrogens with one attached hydrogen (secondary N) is 2. The van der Waals surface area contributed by atoms with Crippen LogP contribution in [0.1, 0.15) is 33.2 Å². The van der Waals surface area contributed by atoms with E-state index in [1.165, 1.54) is 19.1 Å². The third-order valence-electron chi connectivity index (χ3n) is 4.70. The highest BCUT2D eigenvalue weighted by Crippen LogP contribution is 2.24. The molecule has 1 atom stereocenters. The van der Waals surface area contributed by atoms with Gasteiger partial charge in [0, 0.05) is 30.4 Å². The maximum Gasteiger partial charge on any atom is 0.355 e. The summed E-state index contributed by atoms with van der Waals surface area (Å²) in [7, 11) is 0. The number of imide groups is 1. The van der Waals surface area contributed by atoms with E-state index >= 15 is 0 Å². The van der Waals surface area contributed by atoms with Gasteiger partial charge in [0.2, 0.25) is 5.91 Å². The molecule has 8 heteroatoms. The average Bonchev–Trinajstić information content (AvgIpc) is 3.22. The maximum absolute atomic E-state index is 12.7. The highest BCUT2D eigenvalue weighted by atomic mass is 16.7. The number of para-hydroxylation sites is 1. The summed E-state index contributed by atoms with van der Waals surface area (Å²) in [6.07, 6.45) is 1.88. The van der Waals surface area contributed by atoms with Crippen molar-refractivity contribution in [2.75, 3.05) is 0 Å². The van der Waals surface area contributed by atoms with E-state index in [1.54, 1.807) is 18.3 Å². The molecule has 8 nitrogen and oxygen atoms in total. The highest BCUT2D eigenvalue weighted by Gasteiger charge is 2.40. The highest BCUT2D eigenvalue weighted by molar-refractivity contribution is 6.21. The maximum atomic E-state index is 12.7. The number of benzene rings is 2. The number of H-pyrrole nitrogens is 1. The van der Waals surface area contributed by atoms with E-state index in [2.05, 4.69) is 10.3 Å². The minimum Gasteiger partial charge on any atom is -0.361 e. The van der Waals surface area contributed by atoms with Crippen LogP contribution in [0.4, 0.5) is 0 Å². The molecule has 1 aliphatic rings. The summed E-state index contributed by atoms with van der Waals surface area (Å²) in [4.78, 5) is 57.4. The van der Waals surface area contributed by atoms with E-state index in [4.69, 9.17) is 4.84 Å². The summed E-state index contributed by atoms with van der Waals surface area (Å²) in [6, 6.07) is 12.7. The van der Waals surface area contributed by atoms with Crippen molar-refractivity contribution in [3.05, 3.63) is 71.4 Å². The minimum atomic E-state index is -1.07. The lowest BCUT2D eigenvalue weighted by molar-refractivity contribution is -0.171. The fraction of sp³-hybridized carbons (Fsp3) is 0.143. The molecule has 4 rings (SSSR count). The smallest absolute Gasteiger partial charge is 0.355 e. The van der Waals surface area contributed by atoms with Crippen molar-refractivity contribution in [3.8, 4) is 0 Å². The third kappa shape index (κ3) is 3.36. The Labute approximate surface area is 165 Å². The predicted molar refractivity (Wildman–Crippen MR) is 103 cm³/mol. The van der Waals surface area contributed by atoms with Crippen molar-refractivity contribution in [1.82, 2.24) is 15.4 Å². The first-order valence-corrected chi connectivity index (χ1v) is 8.97. The van der Waals surface area contributed by atoms with E-state index in [1.807, 2.05) is 24.3 Å². The van der Waals surface area contributed by atoms with Crippen LogP contribution in [0.15, 0.2) is 54.7 Å². The molecule has 0 unspecified atom stereocenters. The summed E-state index contributed by atoms with van der Waals surface area (Å²) in [5.74, 6) is -2.77. The fourth-order valence-electron chi connectivity index (χ4n) is 3.36. The number of amides is 3. The standard InChI is InChI=1S/C21H17N3O5/c1-12(25)23-18(10-13-11-22-17-9-5-4-6-14(13)17)21(28)29-24-19(26)15-7-2-3-8-16(15)20(24)27/h2-9,11,18,22H,10H2,1H3,(H,23,25)/t18-/m0/s1. The molecule has 0 fully saturated rings. The number of aromatic nitrogens is 1. The molecule has 3 amide bonds. The number of hydrogen-bond donors (Lipinski definition) is 2. The minimum absolute atomic E-state index is 0.131. The number of aromatic amines is 1. The summed E-state index contributed by atoms with van der Waals surface area (Å²) >= 11 is 0. The van der Waals surface area contributed by atoms with Crippen molar-refractivity contribution < 1.29 is 24.0 Å². The Morgan fingerprint density at radius 1 is 1.03 bits per heavy atom. The van der Waals surface area contributed by atoms with E-state index in [0.29, 0.717) is 5.06 Å². The second-order valence-corrected chi connectivity index (χ2v) is 6.68. The van der Waals surface area contributed by atoms with Gasteiger partial charge >= 0.3 is 5.97 Å². The molecule has 2 heterocycles. The van der Waals surface area contributed by atoms with Crippen molar-refractivity contribution >= 4 is 34.6 Å². The normalized spacial score (nSPS) is 14.0. The van der Waals surface area contributed by atoms with E-state index in [9.17, 15) is 19.2 Å². The van der Waals surface area contributed by atoms with Gasteiger partial charge in [-0.1, -0.05) is 35.4 Å². The topological polar surface area (TPSA) is 109 Å². The average molecular weight is 391 g/mol. The number of carbonyl (C=O) groups is 4. The molecule has 1 aromatic heterocycles. The quantitative estimate of drug-likeness (QED) is 0.647. The van der Waals surface area contributed by atoms with Crippen LogP contribution in [-0.4, -0.2) is 39.8 Å². The van der Waals surface area contributed by atoms with Crippen molar-refractivity contribution in [2.45, 2.75) is 19.4 Å². The van der Waals surface area contributed by atoms with Crippen LogP contribution in [0.5, 0.6) is 0 Å². The largest absolute Gasteiger partial charge is 0.361 e. The summed E-state index contributed by atoms with van der Waals surface area (Å²) in [5, 5.41) is 3.87. The van der Waals surface area contributed by atoms with Gasteiger partial charge < -0.3 is 15.1 Å². The van der Waals surface area contributed by atoms with Gasteiger partial charge in [0.1, 0.15) is 6.04 Å². The molecule has 2 N–H and O–H groups in total. The van der Waals surface area contributed by atoms with Crippen LogP contribution >= 0.6 is 0 Å². The second kappa shape index (κ2) is 7.23. The first-order chi connectivity index (χ1) is 14.0. The fourth-order valence-corrected chi connectivity index (χ4v) is 3.36. The first kappa shape index (κ1) is 18.4. The Bertz CT molecular complexity index is 1110. The lowest BCUT2D eigenvalue weighted by atomic mass is 10.1. The van der Waals surface area contributed by atoms with E-state index < -0.39 is 29.7 Å². The molecule has 29 heavy (non-hydrogen) atoms. The molecular weight excluding hydrogens is 374 g/mol. The molecular formula is C21H17N3O5.